The maximum Gasteiger partial charge on any atom is 0.274 e. The molecule has 0 saturated heterocycles. The number of hydrogen-bond acceptors (Lipinski definition) is 6. The number of aromatic hydroxyl groups is 2. The number of carbonyl (C=O) groups excluding carboxylic acids is 2. The highest BCUT2D eigenvalue weighted by atomic mass is 16.3. The van der Waals surface area contributed by atoms with E-state index in [-0.39, 0.29) is 23.1 Å². The van der Waals surface area contributed by atoms with Crippen molar-refractivity contribution in [2.24, 2.45) is 20.5 Å². The fourth-order valence-electron chi connectivity index (χ4n) is 2.84. The number of aromatic amines is 2. The van der Waals surface area contributed by atoms with E-state index in [1.165, 1.54) is 0 Å². The van der Waals surface area contributed by atoms with Gasteiger partial charge in [0.25, 0.3) is 11.8 Å². The van der Waals surface area contributed by atoms with Crippen molar-refractivity contribution >= 4 is 45.0 Å². The van der Waals surface area contributed by atoms with Crippen LogP contribution in [0.4, 0.5) is 11.4 Å². The zero-order valence-electron chi connectivity index (χ0n) is 14.8. The summed E-state index contributed by atoms with van der Waals surface area (Å²) in [5.41, 5.74) is 1.48. The molecule has 0 spiro atoms. The van der Waals surface area contributed by atoms with Crippen LogP contribution in [0.15, 0.2) is 69.0 Å². The third-order valence-corrected chi connectivity index (χ3v) is 4.14. The molecule has 144 valence electrons. The van der Waals surface area contributed by atoms with E-state index in [1.54, 1.807) is 48.5 Å². The van der Waals surface area contributed by atoms with Gasteiger partial charge in [-0.05, 0) is 12.1 Å². The first-order chi connectivity index (χ1) is 14.0. The molecule has 0 aliphatic carbocycles. The second kappa shape index (κ2) is 7.35. The van der Waals surface area contributed by atoms with Gasteiger partial charge in [-0.2, -0.15) is 0 Å². The number of fused-ring (bicyclic) bond motifs is 2. The Bertz CT molecular complexity index is 1200. The maximum absolute atomic E-state index is 11.9. The Hall–Kier alpha value is -4.34. The minimum absolute atomic E-state index is 0.103. The van der Waals surface area contributed by atoms with Crippen molar-refractivity contribution in [2.75, 3.05) is 0 Å². The maximum atomic E-state index is 11.9. The van der Waals surface area contributed by atoms with Crippen molar-refractivity contribution in [3.63, 3.8) is 0 Å². The molecule has 29 heavy (non-hydrogen) atoms. The molecule has 10 nitrogen and oxygen atoms in total. The molecular formula is C19H14N6O4. The predicted molar refractivity (Wildman–Crippen MR) is 104 cm³/mol. The average molecular weight is 390 g/mol. The van der Waals surface area contributed by atoms with Gasteiger partial charge in [-0.15, -0.1) is 20.5 Å². The zero-order valence-corrected chi connectivity index (χ0v) is 14.8. The van der Waals surface area contributed by atoms with E-state index in [0.29, 0.717) is 21.8 Å². The number of aromatic nitrogens is 2. The number of rotatable bonds is 4. The summed E-state index contributed by atoms with van der Waals surface area (Å²) in [5, 5.41) is 35.3. The van der Waals surface area contributed by atoms with Crippen molar-refractivity contribution in [1.29, 1.82) is 0 Å². The van der Waals surface area contributed by atoms with Crippen molar-refractivity contribution in [3.8, 4) is 11.8 Å². The van der Waals surface area contributed by atoms with E-state index < -0.39 is 18.2 Å². The Morgan fingerprint density at radius 3 is 1.59 bits per heavy atom. The van der Waals surface area contributed by atoms with Gasteiger partial charge >= 0.3 is 0 Å². The smallest absolute Gasteiger partial charge is 0.274 e. The van der Waals surface area contributed by atoms with Gasteiger partial charge in [0.05, 0.1) is 11.0 Å². The van der Waals surface area contributed by atoms with Gasteiger partial charge in [0.1, 0.15) is 6.42 Å². The average Bonchev–Trinajstić information content (AvgIpc) is 3.19. The molecule has 0 radical (unpaired) electrons. The number of hydrogen-bond donors (Lipinski definition) is 4. The van der Waals surface area contributed by atoms with Crippen LogP contribution in [0.25, 0.3) is 21.8 Å². The third kappa shape index (κ3) is 3.58. The fourth-order valence-corrected chi connectivity index (χ4v) is 2.84. The first-order valence-corrected chi connectivity index (χ1v) is 8.51. The van der Waals surface area contributed by atoms with Crippen molar-refractivity contribution in [3.05, 3.63) is 48.5 Å². The van der Waals surface area contributed by atoms with Crippen LogP contribution in [0.3, 0.4) is 0 Å². The highest BCUT2D eigenvalue weighted by Crippen LogP contribution is 2.36. The molecule has 2 heterocycles. The largest absolute Gasteiger partial charge is 0.493 e. The lowest BCUT2D eigenvalue weighted by Gasteiger charge is -1.92. The Kier molecular flexibility index (Phi) is 4.57. The second-order valence-electron chi connectivity index (χ2n) is 6.10. The molecule has 10 heteroatoms. The molecule has 0 bridgehead atoms. The van der Waals surface area contributed by atoms with E-state index in [9.17, 15) is 19.8 Å². The van der Waals surface area contributed by atoms with Crippen LogP contribution < -0.4 is 0 Å². The number of benzene rings is 2. The minimum Gasteiger partial charge on any atom is -0.493 e. The zero-order chi connectivity index (χ0) is 20.4. The summed E-state index contributed by atoms with van der Waals surface area (Å²) in [6, 6.07) is 13.9. The summed E-state index contributed by atoms with van der Waals surface area (Å²) in [6.07, 6.45) is -0.654. The number of amides is 2. The molecule has 2 amide bonds. The van der Waals surface area contributed by atoms with Crippen LogP contribution >= 0.6 is 0 Å². The highest BCUT2D eigenvalue weighted by molar-refractivity contribution is 5.99. The van der Waals surface area contributed by atoms with Gasteiger partial charge < -0.3 is 20.2 Å². The van der Waals surface area contributed by atoms with Crippen LogP contribution in [-0.4, -0.2) is 32.0 Å². The number of azo groups is 2. The first-order valence-electron chi connectivity index (χ1n) is 8.51. The Labute approximate surface area is 162 Å². The number of H-pyrrole nitrogens is 2. The quantitative estimate of drug-likeness (QED) is 0.301. The van der Waals surface area contributed by atoms with Crippen LogP contribution in [0.5, 0.6) is 11.8 Å². The first kappa shape index (κ1) is 18.0. The summed E-state index contributed by atoms with van der Waals surface area (Å²) in [5.74, 6) is -2.16. The standard InChI is InChI=1S/C19H14N6O4/c26-14(22-24-16-10-5-1-3-7-12(10)20-18(16)28)9-15(27)23-25-17-11-6-2-4-8-13(11)21-19(17)29/h1-8,20-21,28-29H,9H2. The van der Waals surface area contributed by atoms with Gasteiger partial charge in [-0.3, -0.25) is 9.59 Å². The summed E-state index contributed by atoms with van der Waals surface area (Å²) >= 11 is 0. The number of carbonyl (C=O) groups is 2. The molecule has 0 saturated carbocycles. The van der Waals surface area contributed by atoms with Crippen LogP contribution in [0.1, 0.15) is 6.42 Å². The van der Waals surface area contributed by atoms with Crippen LogP contribution in [-0.2, 0) is 9.59 Å². The molecule has 4 rings (SSSR count). The molecule has 2 aromatic carbocycles. The number of nitrogens with one attached hydrogen (secondary N) is 2. The molecule has 4 N–H and O–H groups in total. The summed E-state index contributed by atoms with van der Waals surface area (Å²) in [7, 11) is 0. The lowest BCUT2D eigenvalue weighted by molar-refractivity contribution is -0.126. The fraction of sp³-hybridized carbons (Fsp3) is 0.0526. The second-order valence-corrected chi connectivity index (χ2v) is 6.10. The Morgan fingerprint density at radius 2 is 1.14 bits per heavy atom. The number of para-hydroxylation sites is 2. The summed E-state index contributed by atoms with van der Waals surface area (Å²) in [4.78, 5) is 29.2. The molecule has 0 unspecified atom stereocenters. The predicted octanol–water partition coefficient (Wildman–Crippen LogP) is 4.37. The third-order valence-electron chi connectivity index (χ3n) is 4.14. The normalized spacial score (nSPS) is 11.9. The SMILES string of the molecule is O=C(CC(=O)N=Nc1c(O)[nH]c2ccccc12)N=Nc1c(O)[nH]c2ccccc12. The van der Waals surface area contributed by atoms with Crippen molar-refractivity contribution < 1.29 is 19.8 Å². The topological polar surface area (TPSA) is 156 Å². The molecule has 2 aromatic heterocycles. The van der Waals surface area contributed by atoms with Gasteiger partial charge in [0.15, 0.2) is 11.4 Å². The van der Waals surface area contributed by atoms with Crippen molar-refractivity contribution in [1.82, 2.24) is 9.97 Å². The van der Waals surface area contributed by atoms with Gasteiger partial charge in [0, 0.05) is 10.8 Å². The van der Waals surface area contributed by atoms with E-state index in [1.807, 2.05) is 0 Å². The number of nitrogens with zero attached hydrogens (tertiary/aromatic N) is 4. The van der Waals surface area contributed by atoms with E-state index in [2.05, 4.69) is 30.4 Å². The lowest BCUT2D eigenvalue weighted by atomic mass is 10.2. The van der Waals surface area contributed by atoms with E-state index in [0.717, 1.165) is 0 Å². The Morgan fingerprint density at radius 1 is 0.724 bits per heavy atom. The Balaban J connectivity index is 1.46. The summed E-state index contributed by atoms with van der Waals surface area (Å²) < 4.78 is 0. The lowest BCUT2D eigenvalue weighted by Crippen LogP contribution is -2.01. The van der Waals surface area contributed by atoms with Gasteiger partial charge in [-0.25, -0.2) is 0 Å². The monoisotopic (exact) mass is 390 g/mol. The molecule has 0 aliphatic heterocycles. The minimum atomic E-state index is -0.846. The summed E-state index contributed by atoms with van der Waals surface area (Å²) in [6.45, 7) is 0. The molecule has 4 aromatic rings. The van der Waals surface area contributed by atoms with Crippen LogP contribution in [0.2, 0.25) is 0 Å². The van der Waals surface area contributed by atoms with Crippen molar-refractivity contribution in [2.45, 2.75) is 6.42 Å². The van der Waals surface area contributed by atoms with E-state index >= 15 is 0 Å². The van der Waals surface area contributed by atoms with Gasteiger partial charge in [0.2, 0.25) is 11.8 Å². The van der Waals surface area contributed by atoms with Gasteiger partial charge in [-0.1, -0.05) is 36.4 Å². The molecular weight excluding hydrogens is 376 g/mol. The highest BCUT2D eigenvalue weighted by Gasteiger charge is 2.14. The molecule has 0 fully saturated rings. The van der Waals surface area contributed by atoms with Crippen LogP contribution in [0, 0.1) is 0 Å². The molecule has 0 atom stereocenters. The van der Waals surface area contributed by atoms with E-state index in [4.69, 9.17) is 0 Å². The molecule has 0 aliphatic rings.